The number of para-hydroxylation sites is 1. The highest BCUT2D eigenvalue weighted by Gasteiger charge is 2.32. The van der Waals surface area contributed by atoms with Crippen molar-refractivity contribution in [2.75, 3.05) is 5.32 Å². The van der Waals surface area contributed by atoms with Crippen molar-refractivity contribution in [3.63, 3.8) is 0 Å². The van der Waals surface area contributed by atoms with Crippen LogP contribution in [0.3, 0.4) is 0 Å². The Bertz CT molecular complexity index is 519. The van der Waals surface area contributed by atoms with Gasteiger partial charge in [0.05, 0.1) is 0 Å². The number of benzene rings is 1. The lowest BCUT2D eigenvalue weighted by molar-refractivity contribution is -0.121. The number of carbonyl (C=O) groups excluding carboxylic acids is 1. The highest BCUT2D eigenvalue weighted by atomic mass is 16.1. The van der Waals surface area contributed by atoms with E-state index in [2.05, 4.69) is 58.1 Å². The van der Waals surface area contributed by atoms with Crippen LogP contribution in [-0.4, -0.2) is 5.91 Å². The van der Waals surface area contributed by atoms with Gasteiger partial charge in [0.15, 0.2) is 0 Å². The minimum atomic E-state index is 0.183. The van der Waals surface area contributed by atoms with Crippen molar-refractivity contribution >= 4 is 11.6 Å². The molecule has 0 saturated heterocycles. The Balaban J connectivity index is 2.00. The van der Waals surface area contributed by atoms with Gasteiger partial charge in [-0.3, -0.25) is 4.79 Å². The molecule has 0 heterocycles. The Kier molecular flexibility index (Phi) is 5.31. The highest BCUT2D eigenvalue weighted by Crippen LogP contribution is 2.40. The van der Waals surface area contributed by atoms with Crippen LogP contribution in [0, 0.1) is 24.2 Å². The van der Waals surface area contributed by atoms with Gasteiger partial charge in [-0.15, -0.1) is 0 Å². The molecule has 0 aromatic heterocycles. The Morgan fingerprint density at radius 2 is 1.82 bits per heavy atom. The second-order valence-corrected chi connectivity index (χ2v) is 7.87. The van der Waals surface area contributed by atoms with Crippen LogP contribution in [0.25, 0.3) is 0 Å². The quantitative estimate of drug-likeness (QED) is 0.801. The van der Waals surface area contributed by atoms with E-state index in [4.69, 9.17) is 0 Å². The zero-order chi connectivity index (χ0) is 16.3. The van der Waals surface area contributed by atoms with Gasteiger partial charge in [-0.05, 0) is 61.5 Å². The number of rotatable bonds is 3. The molecule has 1 aromatic carbocycles. The minimum Gasteiger partial charge on any atom is -0.325 e. The zero-order valence-corrected chi connectivity index (χ0v) is 14.8. The van der Waals surface area contributed by atoms with Crippen molar-refractivity contribution in [3.8, 4) is 0 Å². The summed E-state index contributed by atoms with van der Waals surface area (Å²) >= 11 is 0. The summed E-state index contributed by atoms with van der Waals surface area (Å²) in [5.74, 6) is 1.15. The molecule has 0 aliphatic heterocycles. The van der Waals surface area contributed by atoms with Gasteiger partial charge in [0.25, 0.3) is 0 Å². The van der Waals surface area contributed by atoms with Gasteiger partial charge in [0, 0.05) is 11.6 Å². The van der Waals surface area contributed by atoms with E-state index in [0.717, 1.165) is 36.4 Å². The summed E-state index contributed by atoms with van der Waals surface area (Å²) in [6.07, 6.45) is 5.36. The first kappa shape index (κ1) is 17.1. The summed E-state index contributed by atoms with van der Waals surface area (Å²) < 4.78 is 0. The van der Waals surface area contributed by atoms with E-state index in [1.54, 1.807) is 0 Å². The monoisotopic (exact) mass is 301 g/mol. The summed E-state index contributed by atoms with van der Waals surface area (Å²) in [5, 5.41) is 3.21. The van der Waals surface area contributed by atoms with Crippen LogP contribution in [0.5, 0.6) is 0 Å². The summed E-state index contributed by atoms with van der Waals surface area (Å²) in [6.45, 7) is 11.2. The van der Waals surface area contributed by atoms with E-state index < -0.39 is 0 Å². The molecule has 2 heteroatoms. The maximum Gasteiger partial charge on any atom is 0.227 e. The van der Waals surface area contributed by atoms with Crippen molar-refractivity contribution in [2.45, 2.75) is 66.7 Å². The Morgan fingerprint density at radius 3 is 2.36 bits per heavy atom. The number of amides is 1. The fourth-order valence-corrected chi connectivity index (χ4v) is 3.65. The SMILES string of the molecule is CCc1cccc(C)c1NC(=O)C1CCC(C(C)(C)C)CC1. The van der Waals surface area contributed by atoms with E-state index in [-0.39, 0.29) is 11.8 Å². The van der Waals surface area contributed by atoms with Crippen molar-refractivity contribution in [1.29, 1.82) is 0 Å². The minimum absolute atomic E-state index is 0.183. The topological polar surface area (TPSA) is 29.1 Å². The van der Waals surface area contributed by atoms with Gasteiger partial charge in [0.2, 0.25) is 5.91 Å². The normalized spacial score (nSPS) is 22.4. The van der Waals surface area contributed by atoms with E-state index in [1.165, 1.54) is 18.4 Å². The van der Waals surface area contributed by atoms with Crippen molar-refractivity contribution in [3.05, 3.63) is 29.3 Å². The Hall–Kier alpha value is -1.31. The van der Waals surface area contributed by atoms with Crippen LogP contribution in [0.1, 0.15) is 64.5 Å². The maximum absolute atomic E-state index is 12.6. The molecule has 1 fully saturated rings. The van der Waals surface area contributed by atoms with Gasteiger partial charge in [-0.25, -0.2) is 0 Å². The molecular weight excluding hydrogens is 270 g/mol. The molecule has 1 aromatic rings. The van der Waals surface area contributed by atoms with Crippen molar-refractivity contribution in [2.24, 2.45) is 17.3 Å². The molecule has 0 spiro atoms. The second kappa shape index (κ2) is 6.85. The first-order chi connectivity index (χ1) is 10.3. The molecule has 0 radical (unpaired) electrons. The molecule has 22 heavy (non-hydrogen) atoms. The molecule has 2 rings (SSSR count). The first-order valence-corrected chi connectivity index (χ1v) is 8.72. The van der Waals surface area contributed by atoms with Crippen LogP contribution >= 0.6 is 0 Å². The van der Waals surface area contributed by atoms with Crippen molar-refractivity contribution in [1.82, 2.24) is 0 Å². The molecule has 122 valence electrons. The van der Waals surface area contributed by atoms with E-state index in [0.29, 0.717) is 5.41 Å². The van der Waals surface area contributed by atoms with Gasteiger partial charge in [-0.1, -0.05) is 45.9 Å². The standard InChI is InChI=1S/C20H31NO/c1-6-15-9-7-8-14(2)18(15)21-19(22)16-10-12-17(13-11-16)20(3,4)5/h7-9,16-17H,6,10-13H2,1-5H3,(H,21,22). The third-order valence-electron chi connectivity index (χ3n) is 5.31. The zero-order valence-electron chi connectivity index (χ0n) is 14.8. The fraction of sp³-hybridized carbons (Fsp3) is 0.650. The van der Waals surface area contributed by atoms with Gasteiger partial charge >= 0.3 is 0 Å². The fourth-order valence-electron chi connectivity index (χ4n) is 3.65. The highest BCUT2D eigenvalue weighted by molar-refractivity contribution is 5.94. The molecular formula is C20H31NO. The summed E-state index contributed by atoms with van der Waals surface area (Å²) in [7, 11) is 0. The van der Waals surface area contributed by atoms with E-state index in [9.17, 15) is 4.79 Å². The van der Waals surface area contributed by atoms with Gasteiger partial charge < -0.3 is 5.32 Å². The van der Waals surface area contributed by atoms with Crippen LogP contribution in [-0.2, 0) is 11.2 Å². The number of hydrogen-bond acceptors (Lipinski definition) is 1. The van der Waals surface area contributed by atoms with Gasteiger partial charge in [-0.2, -0.15) is 0 Å². The van der Waals surface area contributed by atoms with Crippen molar-refractivity contribution < 1.29 is 4.79 Å². The molecule has 0 unspecified atom stereocenters. The number of anilines is 1. The number of nitrogens with one attached hydrogen (secondary N) is 1. The summed E-state index contributed by atoms with van der Waals surface area (Å²) in [5.41, 5.74) is 3.80. The second-order valence-electron chi connectivity index (χ2n) is 7.87. The lowest BCUT2D eigenvalue weighted by Gasteiger charge is -2.36. The third kappa shape index (κ3) is 3.91. The van der Waals surface area contributed by atoms with E-state index >= 15 is 0 Å². The van der Waals surface area contributed by atoms with E-state index in [1.807, 2.05) is 0 Å². The molecule has 1 N–H and O–H groups in total. The molecule has 2 nitrogen and oxygen atoms in total. The molecule has 1 aliphatic carbocycles. The number of carbonyl (C=O) groups is 1. The maximum atomic E-state index is 12.6. The van der Waals surface area contributed by atoms with Gasteiger partial charge in [0.1, 0.15) is 0 Å². The number of aryl methyl sites for hydroxylation is 2. The average Bonchev–Trinajstić information content (AvgIpc) is 2.48. The Morgan fingerprint density at radius 1 is 1.18 bits per heavy atom. The average molecular weight is 301 g/mol. The predicted octanol–water partition coefficient (Wildman–Crippen LogP) is 5.35. The molecule has 0 atom stereocenters. The predicted molar refractivity (Wildman–Crippen MR) is 94.1 cm³/mol. The lowest BCUT2D eigenvalue weighted by Crippen LogP contribution is -2.31. The molecule has 1 saturated carbocycles. The number of hydrogen-bond donors (Lipinski definition) is 1. The summed E-state index contributed by atoms with van der Waals surface area (Å²) in [6, 6.07) is 6.25. The smallest absolute Gasteiger partial charge is 0.227 e. The largest absolute Gasteiger partial charge is 0.325 e. The third-order valence-corrected chi connectivity index (χ3v) is 5.31. The first-order valence-electron chi connectivity index (χ1n) is 8.72. The van der Waals surface area contributed by atoms with Crippen LogP contribution in [0.2, 0.25) is 0 Å². The van der Waals surface area contributed by atoms with Crippen LogP contribution < -0.4 is 5.32 Å². The molecule has 0 bridgehead atoms. The molecule has 1 aliphatic rings. The summed E-state index contributed by atoms with van der Waals surface area (Å²) in [4.78, 5) is 12.6. The van der Waals surface area contributed by atoms with Crippen LogP contribution in [0.4, 0.5) is 5.69 Å². The Labute approximate surface area is 135 Å². The van der Waals surface area contributed by atoms with Crippen LogP contribution in [0.15, 0.2) is 18.2 Å². The molecule has 1 amide bonds. The lowest BCUT2D eigenvalue weighted by atomic mass is 9.69.